The summed E-state index contributed by atoms with van der Waals surface area (Å²) in [6.07, 6.45) is 0. The van der Waals surface area contributed by atoms with E-state index in [1.807, 2.05) is 84.9 Å². The zero-order valence-corrected chi connectivity index (χ0v) is 38.4. The molecule has 8 nitrogen and oxygen atoms in total. The fraction of sp³-hybridized carbons (Fsp3) is 0. The first-order valence-electron chi connectivity index (χ1n) is 24.0. The largest absolute Gasteiger partial charge is 0.455 e. The highest BCUT2D eigenvalue weighted by atomic mass is 16.3. The molecule has 0 radical (unpaired) electrons. The van der Waals surface area contributed by atoms with Crippen molar-refractivity contribution in [2.75, 3.05) is 0 Å². The molecular weight excluding hydrogens is 883 g/mol. The van der Waals surface area contributed by atoms with Crippen LogP contribution in [0.15, 0.2) is 229 Å². The Bertz CT molecular complexity index is 4640. The molecule has 0 aliphatic carbocycles. The molecule has 5 aromatic heterocycles. The van der Waals surface area contributed by atoms with E-state index in [0.29, 0.717) is 39.8 Å². The lowest BCUT2D eigenvalue weighted by molar-refractivity contribution is 0.669. The zero-order chi connectivity index (χ0) is 47.4. The highest BCUT2D eigenvalue weighted by Gasteiger charge is 2.30. The normalized spacial score (nSPS) is 11.9. The number of aromatic nitrogens is 6. The van der Waals surface area contributed by atoms with Gasteiger partial charge in [0.05, 0.1) is 61.0 Å². The van der Waals surface area contributed by atoms with E-state index in [-0.39, 0.29) is 0 Å². The first-order valence-corrected chi connectivity index (χ1v) is 24.0. The van der Waals surface area contributed by atoms with E-state index in [9.17, 15) is 5.26 Å². The topological polar surface area (TPSA) is 90.4 Å². The molecule has 0 amide bonds. The predicted molar refractivity (Wildman–Crippen MR) is 291 cm³/mol. The maximum atomic E-state index is 11.5. The molecule has 8 heteroatoms. The summed E-state index contributed by atoms with van der Waals surface area (Å²) in [4.78, 5) is 15.3. The van der Waals surface area contributed by atoms with Crippen LogP contribution in [-0.4, -0.2) is 28.7 Å². The molecule has 15 rings (SSSR count). The molecule has 72 heavy (non-hydrogen) atoms. The van der Waals surface area contributed by atoms with Crippen LogP contribution < -0.4 is 0 Å². The van der Waals surface area contributed by atoms with Gasteiger partial charge in [0.1, 0.15) is 17.2 Å². The molecule has 0 atom stereocenters. The number of nitrogens with zero attached hydrogens (tertiary/aromatic N) is 7. The predicted octanol–water partition coefficient (Wildman–Crippen LogP) is 15.9. The van der Waals surface area contributed by atoms with Crippen molar-refractivity contribution in [3.05, 3.63) is 230 Å². The highest BCUT2D eigenvalue weighted by Crippen LogP contribution is 2.49. The van der Waals surface area contributed by atoms with Gasteiger partial charge >= 0.3 is 0 Å². The van der Waals surface area contributed by atoms with Crippen molar-refractivity contribution in [3.63, 3.8) is 0 Å². The van der Waals surface area contributed by atoms with E-state index in [1.54, 1.807) is 0 Å². The van der Waals surface area contributed by atoms with Gasteiger partial charge in [-0.05, 0) is 54.6 Å². The van der Waals surface area contributed by atoms with Gasteiger partial charge in [0.15, 0.2) is 17.5 Å². The Morgan fingerprint density at radius 3 is 1.43 bits per heavy atom. The van der Waals surface area contributed by atoms with E-state index < -0.39 is 0 Å². The number of nitriles is 1. The van der Waals surface area contributed by atoms with Crippen molar-refractivity contribution >= 4 is 87.4 Å². The molecule has 0 saturated heterocycles. The molecule has 0 saturated carbocycles. The lowest BCUT2D eigenvalue weighted by atomic mass is 10.00. The second-order valence-electron chi connectivity index (χ2n) is 18.2. The lowest BCUT2D eigenvalue weighted by Gasteiger charge is -2.17. The highest BCUT2D eigenvalue weighted by molar-refractivity contribution is 6.28. The molecule has 15 aromatic rings. The number of hydrogen-bond donors (Lipinski definition) is 0. The monoisotopic (exact) mass is 919 g/mol. The fourth-order valence-corrected chi connectivity index (χ4v) is 11.3. The molecule has 5 heterocycles. The van der Waals surface area contributed by atoms with Crippen LogP contribution in [0.4, 0.5) is 0 Å². The van der Waals surface area contributed by atoms with Gasteiger partial charge in [-0.25, -0.2) is 15.0 Å². The number of para-hydroxylation sites is 6. The van der Waals surface area contributed by atoms with Gasteiger partial charge in [-0.1, -0.05) is 170 Å². The molecular formula is C64H37N7O. The van der Waals surface area contributed by atoms with Crippen molar-refractivity contribution in [3.8, 4) is 57.3 Å². The Hall–Kier alpha value is -10.1. The van der Waals surface area contributed by atoms with Crippen molar-refractivity contribution in [1.29, 1.82) is 5.26 Å². The number of hydrogen-bond acceptors (Lipinski definition) is 5. The Kier molecular flexibility index (Phi) is 8.55. The van der Waals surface area contributed by atoms with Gasteiger partial charge < -0.3 is 18.1 Å². The molecule has 334 valence electrons. The fourth-order valence-electron chi connectivity index (χ4n) is 11.3. The minimum Gasteiger partial charge on any atom is -0.455 e. The number of fused-ring (bicyclic) bond motifs is 13. The summed E-state index contributed by atoms with van der Waals surface area (Å²) in [5, 5.41) is 20.0. The van der Waals surface area contributed by atoms with Crippen molar-refractivity contribution in [2.45, 2.75) is 0 Å². The Morgan fingerprint density at radius 2 is 0.833 bits per heavy atom. The Balaban J connectivity index is 1.13. The van der Waals surface area contributed by atoms with E-state index in [2.05, 4.69) is 159 Å². The molecule has 10 aromatic carbocycles. The minimum absolute atomic E-state index is 0.347. The maximum absolute atomic E-state index is 11.5. The third kappa shape index (κ3) is 5.70. The van der Waals surface area contributed by atoms with Crippen LogP contribution in [0.1, 0.15) is 5.56 Å². The van der Waals surface area contributed by atoms with Gasteiger partial charge in [-0.15, -0.1) is 0 Å². The molecule has 0 bridgehead atoms. The van der Waals surface area contributed by atoms with Crippen molar-refractivity contribution < 1.29 is 4.42 Å². The third-order valence-electron chi connectivity index (χ3n) is 14.3. The van der Waals surface area contributed by atoms with E-state index >= 15 is 0 Å². The summed E-state index contributed by atoms with van der Waals surface area (Å²) in [5.74, 6) is 1.34. The summed E-state index contributed by atoms with van der Waals surface area (Å²) >= 11 is 0. The first-order chi connectivity index (χ1) is 35.7. The standard InChI is InChI=1S/C64H37N7O/c65-38-41-36-53(58-47-30-14-19-35-55(47)72-61(58)56(41)64-67-62(39-20-4-1-5-21-39)66-63(68-64)40-22-6-2-7-23-40)71-51-33-17-12-28-45(51)48-37-54(70-49-31-15-10-26-43(49)44-27-11-16-32-50(44)70)57-46-29-13-18-34-52(46)69(60(57)59(48)71)42-24-8-3-9-25-42/h1-37H. The van der Waals surface area contributed by atoms with Crippen molar-refractivity contribution in [2.24, 2.45) is 0 Å². The second kappa shape index (κ2) is 15.5. The molecule has 0 spiro atoms. The van der Waals surface area contributed by atoms with Crippen molar-refractivity contribution in [1.82, 2.24) is 28.7 Å². The van der Waals surface area contributed by atoms with E-state index in [0.717, 1.165) is 93.6 Å². The van der Waals surface area contributed by atoms with E-state index in [1.165, 1.54) is 10.8 Å². The lowest BCUT2D eigenvalue weighted by Crippen LogP contribution is -2.04. The van der Waals surface area contributed by atoms with Crippen LogP contribution in [0.5, 0.6) is 0 Å². The van der Waals surface area contributed by atoms with Gasteiger partial charge in [0, 0.05) is 54.5 Å². The van der Waals surface area contributed by atoms with Crippen LogP contribution >= 0.6 is 0 Å². The quantitative estimate of drug-likeness (QED) is 0.166. The van der Waals surface area contributed by atoms with Crippen LogP contribution in [0.25, 0.3) is 139 Å². The summed E-state index contributed by atoms with van der Waals surface area (Å²) in [7, 11) is 0. The first kappa shape index (κ1) is 39.9. The third-order valence-corrected chi connectivity index (χ3v) is 14.3. The van der Waals surface area contributed by atoms with Gasteiger partial charge in [0.2, 0.25) is 0 Å². The van der Waals surface area contributed by atoms with Crippen LogP contribution in [0, 0.1) is 11.3 Å². The van der Waals surface area contributed by atoms with Crippen LogP contribution in [-0.2, 0) is 0 Å². The van der Waals surface area contributed by atoms with Gasteiger partial charge in [-0.2, -0.15) is 5.26 Å². The Morgan fingerprint density at radius 1 is 0.375 bits per heavy atom. The van der Waals surface area contributed by atoms with Crippen LogP contribution in [0.2, 0.25) is 0 Å². The molecule has 0 aliphatic rings. The SMILES string of the molecule is N#Cc1cc(-n2c3ccccc3c3cc(-n4c5ccccc5c5ccccc54)c4c5ccccc5n(-c5ccccc5)c4c32)c2c(oc3ccccc32)c1-c1nc(-c2ccccc2)nc(-c2ccccc2)n1. The second-order valence-corrected chi connectivity index (χ2v) is 18.2. The summed E-state index contributed by atoms with van der Waals surface area (Å²) < 4.78 is 14.3. The number of furan rings is 1. The van der Waals surface area contributed by atoms with Gasteiger partial charge in [0.25, 0.3) is 0 Å². The molecule has 0 aliphatic heterocycles. The van der Waals surface area contributed by atoms with Gasteiger partial charge in [-0.3, -0.25) is 0 Å². The average molecular weight is 920 g/mol. The minimum atomic E-state index is 0.347. The molecule has 0 unspecified atom stereocenters. The Labute approximate surface area is 411 Å². The molecule has 0 fully saturated rings. The average Bonchev–Trinajstić information content (AvgIpc) is 4.20. The zero-order valence-electron chi connectivity index (χ0n) is 38.4. The maximum Gasteiger partial charge on any atom is 0.169 e. The van der Waals surface area contributed by atoms with Crippen LogP contribution in [0.3, 0.4) is 0 Å². The van der Waals surface area contributed by atoms with E-state index in [4.69, 9.17) is 19.4 Å². The smallest absolute Gasteiger partial charge is 0.169 e. The number of rotatable bonds is 6. The molecule has 0 N–H and O–H groups in total. The summed E-state index contributed by atoms with van der Waals surface area (Å²) in [5.41, 5.74) is 13.0. The summed E-state index contributed by atoms with van der Waals surface area (Å²) in [6, 6.07) is 80.4. The number of benzene rings is 10. The summed E-state index contributed by atoms with van der Waals surface area (Å²) in [6.45, 7) is 0.